The number of hydrogen-bond acceptors (Lipinski definition) is 10. The fourth-order valence-electron chi connectivity index (χ4n) is 6.36. The molecule has 0 spiro atoms. The maximum atomic E-state index is 15.3. The number of nitrogens with one attached hydrogen (secondary N) is 3. The summed E-state index contributed by atoms with van der Waals surface area (Å²) in [4.78, 5) is 90.7. The van der Waals surface area contributed by atoms with Gasteiger partial charge in [0.1, 0.15) is 22.9 Å². The quantitative estimate of drug-likeness (QED) is 0.0797. The number of piperidine rings is 1. The summed E-state index contributed by atoms with van der Waals surface area (Å²) in [6.45, 7) is 3.78. The first-order chi connectivity index (χ1) is 27.3. The highest BCUT2D eigenvalue weighted by molar-refractivity contribution is 7.81. The number of nitriles is 1. The number of imide groups is 2. The molecule has 0 aromatic heterocycles. The van der Waals surface area contributed by atoms with Gasteiger partial charge in [-0.15, -0.1) is 0 Å². The fourth-order valence-corrected chi connectivity index (χ4v) is 6.87. The molecule has 0 aliphatic carbocycles. The summed E-state index contributed by atoms with van der Waals surface area (Å²) in [7, 11) is 0. The lowest BCUT2D eigenvalue weighted by atomic mass is 10.0. The van der Waals surface area contributed by atoms with Gasteiger partial charge in [0.15, 0.2) is 17.5 Å². The minimum absolute atomic E-state index is 0.0382. The average Bonchev–Trinajstić information content (AvgIpc) is 3.34. The van der Waals surface area contributed by atoms with E-state index in [2.05, 4.69) is 16.0 Å². The minimum atomic E-state index is -5.23. The van der Waals surface area contributed by atoms with Crippen molar-refractivity contribution in [2.75, 3.05) is 29.5 Å². The van der Waals surface area contributed by atoms with E-state index in [1.165, 1.54) is 55.1 Å². The Morgan fingerprint density at radius 1 is 1.07 bits per heavy atom. The van der Waals surface area contributed by atoms with Gasteiger partial charge >= 0.3 is 6.18 Å². The van der Waals surface area contributed by atoms with E-state index in [-0.39, 0.29) is 60.0 Å². The summed E-state index contributed by atoms with van der Waals surface area (Å²) >= 11 is 5.45. The van der Waals surface area contributed by atoms with Crippen molar-refractivity contribution in [1.29, 1.82) is 5.26 Å². The normalized spacial score (nSPS) is 16.3. The van der Waals surface area contributed by atoms with E-state index < -0.39 is 82.4 Å². The number of rotatable bonds is 12. The van der Waals surface area contributed by atoms with Gasteiger partial charge in [0.05, 0.1) is 22.9 Å². The summed E-state index contributed by atoms with van der Waals surface area (Å²) in [5.74, 6) is -6.09. The smallest absolute Gasteiger partial charge is 0.420 e. The molecule has 302 valence electrons. The lowest BCUT2D eigenvalue weighted by Gasteiger charge is -2.29. The van der Waals surface area contributed by atoms with E-state index >= 15 is 4.39 Å². The van der Waals surface area contributed by atoms with E-state index in [0.29, 0.717) is 15.4 Å². The highest BCUT2D eigenvalue weighted by Gasteiger charge is 2.52. The molecule has 3 N–H and O–H groups in total. The van der Waals surface area contributed by atoms with Gasteiger partial charge in [-0.1, -0.05) is 12.1 Å². The monoisotopic (exact) mass is 823 g/mol. The standard InChI is InChI=1S/C38H33F4N7O8S/c1-20-5-4-6-26(29(20)34(55)47(19-50)25-13-14-27(51)46-33(25)54)57-18-28(52)44-15-16-45-32(53)21-7-10-23(11-8-21)49-36(58)48(35(56)37(49,2)3)24-12-9-22(17-43)30(31(24)39)38(40,41)42/h4-12,19,25H,13-16,18H2,1-3H3,(H,44,52)(H,45,53)(H,46,51,54). The molecule has 5 rings (SSSR count). The van der Waals surface area contributed by atoms with Crippen LogP contribution in [-0.4, -0.2) is 83.1 Å². The average molecular weight is 824 g/mol. The van der Waals surface area contributed by atoms with Crippen LogP contribution in [0, 0.1) is 24.1 Å². The second-order valence-electron chi connectivity index (χ2n) is 13.4. The molecule has 1 unspecified atom stereocenters. The predicted octanol–water partition coefficient (Wildman–Crippen LogP) is 3.27. The van der Waals surface area contributed by atoms with Crippen molar-refractivity contribution in [3.8, 4) is 11.8 Å². The molecule has 3 aromatic rings. The minimum Gasteiger partial charge on any atom is -0.483 e. The van der Waals surface area contributed by atoms with Crippen molar-refractivity contribution in [3.05, 3.63) is 88.2 Å². The van der Waals surface area contributed by atoms with Gasteiger partial charge in [-0.05, 0) is 87.4 Å². The van der Waals surface area contributed by atoms with Crippen molar-refractivity contribution in [3.63, 3.8) is 0 Å². The van der Waals surface area contributed by atoms with Crippen LogP contribution in [0.2, 0.25) is 0 Å². The summed E-state index contributed by atoms with van der Waals surface area (Å²) in [5.41, 5.74) is -4.35. The van der Waals surface area contributed by atoms with Crippen LogP contribution in [0.25, 0.3) is 0 Å². The molecule has 2 aliphatic heterocycles. The van der Waals surface area contributed by atoms with Gasteiger partial charge in [-0.3, -0.25) is 48.7 Å². The number of carbonyl (C=O) groups is 7. The molecule has 2 fully saturated rings. The topological polar surface area (TPSA) is 198 Å². The molecule has 2 aliphatic rings. The summed E-state index contributed by atoms with van der Waals surface area (Å²) < 4.78 is 62.0. The maximum Gasteiger partial charge on any atom is 0.420 e. The number of carbonyl (C=O) groups excluding carboxylic acids is 7. The number of alkyl halides is 3. The molecule has 0 radical (unpaired) electrons. The van der Waals surface area contributed by atoms with Gasteiger partial charge in [-0.25, -0.2) is 4.39 Å². The number of thiocarbonyl (C=S) groups is 1. The van der Waals surface area contributed by atoms with E-state index in [9.17, 15) is 46.7 Å². The Labute approximate surface area is 332 Å². The molecule has 0 saturated carbocycles. The van der Waals surface area contributed by atoms with Crippen molar-refractivity contribution in [1.82, 2.24) is 20.9 Å². The molecule has 0 bridgehead atoms. The fraction of sp³-hybridized carbons (Fsp3) is 0.289. The largest absolute Gasteiger partial charge is 0.483 e. The van der Waals surface area contributed by atoms with Gasteiger partial charge in [0.2, 0.25) is 18.2 Å². The Morgan fingerprint density at radius 2 is 1.74 bits per heavy atom. The first kappa shape index (κ1) is 42.4. The molecule has 58 heavy (non-hydrogen) atoms. The Morgan fingerprint density at radius 3 is 2.36 bits per heavy atom. The van der Waals surface area contributed by atoms with E-state index in [4.69, 9.17) is 22.2 Å². The van der Waals surface area contributed by atoms with Gasteiger partial charge in [0, 0.05) is 30.8 Å². The highest BCUT2D eigenvalue weighted by atomic mass is 32.1. The van der Waals surface area contributed by atoms with Crippen molar-refractivity contribution in [2.24, 2.45) is 0 Å². The molecular formula is C38H33F4N7O8S. The Bertz CT molecular complexity index is 2280. The number of benzene rings is 3. The third-order valence-electron chi connectivity index (χ3n) is 9.26. The molecule has 1 atom stereocenters. The third kappa shape index (κ3) is 8.34. The van der Waals surface area contributed by atoms with Crippen LogP contribution in [0.3, 0.4) is 0 Å². The number of nitrogens with zero attached hydrogens (tertiary/aromatic N) is 4. The SMILES string of the molecule is Cc1cccc(OCC(=O)NCCNC(=O)c2ccc(N3C(=S)N(c4ccc(C#N)c(C(F)(F)F)c4F)C(=O)C3(C)C)cc2)c1C(=O)N(C=O)C1CCC(=O)NC1=O. The maximum absolute atomic E-state index is 15.3. The molecule has 2 heterocycles. The lowest BCUT2D eigenvalue weighted by molar-refractivity contribution is -0.140. The van der Waals surface area contributed by atoms with Crippen LogP contribution in [0.1, 0.15) is 64.1 Å². The van der Waals surface area contributed by atoms with Crippen molar-refractivity contribution < 1.29 is 55.9 Å². The van der Waals surface area contributed by atoms with E-state index in [1.807, 2.05) is 0 Å². The number of anilines is 2. The zero-order valence-corrected chi connectivity index (χ0v) is 31.7. The van der Waals surface area contributed by atoms with Crippen LogP contribution in [0.4, 0.5) is 28.9 Å². The van der Waals surface area contributed by atoms with Crippen LogP contribution in [0.15, 0.2) is 54.6 Å². The second-order valence-corrected chi connectivity index (χ2v) is 13.8. The Kier molecular flexibility index (Phi) is 12.3. The second kappa shape index (κ2) is 16.8. The van der Waals surface area contributed by atoms with Crippen molar-refractivity contribution in [2.45, 2.75) is 51.4 Å². The molecule has 3 aromatic carbocycles. The number of hydrogen-bond donors (Lipinski definition) is 3. The number of amides is 7. The summed E-state index contributed by atoms with van der Waals surface area (Å²) in [5, 5.41) is 16.0. The van der Waals surface area contributed by atoms with Crippen LogP contribution < -0.4 is 30.5 Å². The zero-order chi connectivity index (χ0) is 42.7. The molecule has 15 nitrogen and oxygen atoms in total. The summed E-state index contributed by atoms with van der Waals surface area (Å²) in [6.07, 6.45) is -5.17. The first-order valence-corrected chi connectivity index (χ1v) is 17.7. The lowest BCUT2D eigenvalue weighted by Crippen LogP contribution is -2.54. The van der Waals surface area contributed by atoms with Crippen LogP contribution in [0.5, 0.6) is 5.75 Å². The third-order valence-corrected chi connectivity index (χ3v) is 9.62. The zero-order valence-electron chi connectivity index (χ0n) is 30.9. The summed E-state index contributed by atoms with van der Waals surface area (Å²) in [6, 6.07) is 11.9. The highest BCUT2D eigenvalue weighted by Crippen LogP contribution is 2.42. The molecule has 2 saturated heterocycles. The molecule has 20 heteroatoms. The Hall–Kier alpha value is -6.75. The predicted molar refractivity (Wildman–Crippen MR) is 200 cm³/mol. The number of aryl methyl sites for hydroxylation is 1. The molecule has 7 amide bonds. The van der Waals surface area contributed by atoms with Crippen LogP contribution in [-0.2, 0) is 30.1 Å². The van der Waals surface area contributed by atoms with Gasteiger partial charge < -0.3 is 20.3 Å². The van der Waals surface area contributed by atoms with Gasteiger partial charge in [0.25, 0.3) is 23.6 Å². The van der Waals surface area contributed by atoms with Crippen molar-refractivity contribution >= 4 is 70.6 Å². The van der Waals surface area contributed by atoms with E-state index in [1.54, 1.807) is 19.1 Å². The van der Waals surface area contributed by atoms with E-state index in [0.717, 1.165) is 12.1 Å². The van der Waals surface area contributed by atoms with Crippen LogP contribution >= 0.6 is 12.2 Å². The first-order valence-electron chi connectivity index (χ1n) is 17.3. The number of ether oxygens (including phenoxy) is 1. The Balaban J connectivity index is 1.17. The van der Waals surface area contributed by atoms with Gasteiger partial charge in [-0.2, -0.15) is 18.4 Å². The number of halogens is 4. The molecular weight excluding hydrogens is 791 g/mol.